The summed E-state index contributed by atoms with van der Waals surface area (Å²) < 4.78 is 25.6. The number of hydrogen-bond acceptors (Lipinski definition) is 3. The number of amides is 2. The van der Waals surface area contributed by atoms with Crippen LogP contribution >= 0.6 is 0 Å². The maximum atomic E-state index is 12.9. The molecule has 0 saturated heterocycles. The molecule has 29 heavy (non-hydrogen) atoms. The van der Waals surface area contributed by atoms with Crippen molar-refractivity contribution in [2.45, 2.75) is 19.9 Å². The lowest BCUT2D eigenvalue weighted by molar-refractivity contribution is 0.0751. The average molecular weight is 400 g/mol. The van der Waals surface area contributed by atoms with Crippen molar-refractivity contribution in [2.24, 2.45) is 0 Å². The molecular weight excluding hydrogens is 378 g/mol. The van der Waals surface area contributed by atoms with Gasteiger partial charge in [0.1, 0.15) is 0 Å². The summed E-state index contributed by atoms with van der Waals surface area (Å²) in [6.07, 6.45) is -2.70. The minimum absolute atomic E-state index is 0.0870. The molecule has 6 nitrogen and oxygen atoms in total. The number of hydrogen-bond donors (Lipinski definition) is 1. The van der Waals surface area contributed by atoms with Crippen LogP contribution in [0.1, 0.15) is 45.5 Å². The molecule has 152 valence electrons. The van der Waals surface area contributed by atoms with Crippen LogP contribution in [0, 0.1) is 0 Å². The summed E-state index contributed by atoms with van der Waals surface area (Å²) in [5, 5.41) is 0. The third-order valence-electron chi connectivity index (χ3n) is 4.60. The second-order valence-corrected chi connectivity index (χ2v) is 6.87. The highest BCUT2D eigenvalue weighted by Gasteiger charge is 2.18. The van der Waals surface area contributed by atoms with Crippen LogP contribution in [0.4, 0.5) is 8.78 Å². The van der Waals surface area contributed by atoms with Crippen molar-refractivity contribution in [3.8, 4) is 0 Å². The summed E-state index contributed by atoms with van der Waals surface area (Å²) in [7, 11) is 3.38. The fourth-order valence-electron chi connectivity index (χ4n) is 3.01. The molecule has 0 unspecified atom stereocenters. The first-order valence-corrected chi connectivity index (χ1v) is 9.17. The van der Waals surface area contributed by atoms with Crippen molar-refractivity contribution in [3.05, 3.63) is 65.0 Å². The van der Waals surface area contributed by atoms with Crippen LogP contribution in [0.15, 0.2) is 42.5 Å². The van der Waals surface area contributed by atoms with Crippen LogP contribution in [0.5, 0.6) is 0 Å². The number of halogens is 2. The lowest BCUT2D eigenvalue weighted by Gasteiger charge is -2.21. The molecule has 0 atom stereocenters. The van der Waals surface area contributed by atoms with E-state index in [1.165, 1.54) is 11.0 Å². The molecule has 0 saturated carbocycles. The monoisotopic (exact) mass is 400 g/mol. The quantitative estimate of drug-likeness (QED) is 0.683. The number of carbonyl (C=O) groups is 2. The van der Waals surface area contributed by atoms with Crippen molar-refractivity contribution in [3.63, 3.8) is 0 Å². The summed E-state index contributed by atoms with van der Waals surface area (Å²) in [5.74, 6) is -0.712. The van der Waals surface area contributed by atoms with Gasteiger partial charge in [0.15, 0.2) is 5.82 Å². The van der Waals surface area contributed by atoms with E-state index in [-0.39, 0.29) is 11.8 Å². The summed E-state index contributed by atoms with van der Waals surface area (Å²) in [6, 6.07) is 11.8. The maximum absolute atomic E-state index is 12.9. The molecule has 1 heterocycles. The van der Waals surface area contributed by atoms with Gasteiger partial charge in [-0.3, -0.25) is 9.59 Å². The number of rotatable bonds is 6. The molecule has 1 N–H and O–H groups in total. The molecule has 3 aromatic rings. The molecule has 1 aromatic heterocycles. The van der Waals surface area contributed by atoms with Gasteiger partial charge in [0.25, 0.3) is 18.2 Å². The molecule has 0 fully saturated rings. The van der Waals surface area contributed by atoms with E-state index in [1.807, 2.05) is 19.1 Å². The second-order valence-electron chi connectivity index (χ2n) is 6.87. The molecule has 8 heteroatoms. The van der Waals surface area contributed by atoms with E-state index in [0.29, 0.717) is 35.2 Å². The number of carbonyl (C=O) groups excluding carboxylic acids is 2. The first kappa shape index (κ1) is 20.4. The Morgan fingerprint density at radius 3 is 2.28 bits per heavy atom. The fraction of sp³-hybridized carbons (Fsp3) is 0.286. The zero-order valence-electron chi connectivity index (χ0n) is 16.4. The van der Waals surface area contributed by atoms with Gasteiger partial charge in [-0.2, -0.15) is 0 Å². The largest absolute Gasteiger partial charge is 0.345 e. The Labute approximate surface area is 167 Å². The van der Waals surface area contributed by atoms with E-state index in [9.17, 15) is 18.4 Å². The number of nitrogens with one attached hydrogen (secondary N) is 1. The highest BCUT2D eigenvalue weighted by Crippen LogP contribution is 2.21. The Bertz CT molecular complexity index is 1030. The van der Waals surface area contributed by atoms with Gasteiger partial charge >= 0.3 is 0 Å². The zero-order valence-corrected chi connectivity index (χ0v) is 16.4. The average Bonchev–Trinajstić information content (AvgIpc) is 3.15. The van der Waals surface area contributed by atoms with Gasteiger partial charge in [0.2, 0.25) is 0 Å². The molecule has 0 aliphatic carbocycles. The van der Waals surface area contributed by atoms with Crippen molar-refractivity contribution < 1.29 is 18.4 Å². The number of imidazole rings is 1. The molecule has 0 aliphatic heterocycles. The van der Waals surface area contributed by atoms with Crippen LogP contribution in [0.2, 0.25) is 0 Å². The molecule has 0 bridgehead atoms. The third kappa shape index (κ3) is 4.42. The fourth-order valence-corrected chi connectivity index (χ4v) is 3.01. The minimum atomic E-state index is -2.70. The molecule has 0 aliphatic rings. The van der Waals surface area contributed by atoms with E-state index in [4.69, 9.17) is 0 Å². The predicted octanol–water partition coefficient (Wildman–Crippen LogP) is 3.86. The number of alkyl halides is 2. The van der Waals surface area contributed by atoms with Gasteiger partial charge in [0, 0.05) is 38.3 Å². The summed E-state index contributed by atoms with van der Waals surface area (Å²) in [4.78, 5) is 34.4. The number of aromatic amines is 1. The van der Waals surface area contributed by atoms with Gasteiger partial charge in [-0.15, -0.1) is 0 Å². The SMILES string of the molecule is CCN(Cc1ccc(C(=O)N(C)C)cc1)C(=O)c1ccc2nc(C(F)F)[nH]c2c1. The van der Waals surface area contributed by atoms with E-state index in [1.54, 1.807) is 43.3 Å². The van der Waals surface area contributed by atoms with Crippen LogP contribution in [0.25, 0.3) is 11.0 Å². The number of H-pyrrole nitrogens is 1. The zero-order chi connectivity index (χ0) is 21.1. The molecule has 2 amide bonds. The topological polar surface area (TPSA) is 69.3 Å². The van der Waals surface area contributed by atoms with E-state index in [0.717, 1.165) is 5.56 Å². The van der Waals surface area contributed by atoms with Gasteiger partial charge in [0.05, 0.1) is 11.0 Å². The van der Waals surface area contributed by atoms with Crippen molar-refractivity contribution >= 4 is 22.8 Å². The number of benzene rings is 2. The van der Waals surface area contributed by atoms with Crippen molar-refractivity contribution in [1.29, 1.82) is 0 Å². The number of nitrogens with zero attached hydrogens (tertiary/aromatic N) is 3. The van der Waals surface area contributed by atoms with E-state index >= 15 is 0 Å². The summed E-state index contributed by atoms with van der Waals surface area (Å²) in [6.45, 7) is 2.71. The molecule has 0 radical (unpaired) electrons. The minimum Gasteiger partial charge on any atom is -0.345 e. The molecular formula is C21H22F2N4O2. The normalized spacial score (nSPS) is 11.1. The lowest BCUT2D eigenvalue weighted by Crippen LogP contribution is -2.30. The highest BCUT2D eigenvalue weighted by atomic mass is 19.3. The van der Waals surface area contributed by atoms with Crippen LogP contribution in [-0.4, -0.2) is 52.2 Å². The lowest BCUT2D eigenvalue weighted by atomic mass is 10.1. The Kier molecular flexibility index (Phi) is 5.91. The van der Waals surface area contributed by atoms with Crippen molar-refractivity contribution in [2.75, 3.05) is 20.6 Å². The van der Waals surface area contributed by atoms with E-state index < -0.39 is 12.2 Å². The third-order valence-corrected chi connectivity index (χ3v) is 4.60. The van der Waals surface area contributed by atoms with Gasteiger partial charge in [-0.05, 0) is 42.8 Å². The maximum Gasteiger partial charge on any atom is 0.295 e. The van der Waals surface area contributed by atoms with Crippen LogP contribution in [-0.2, 0) is 6.54 Å². The first-order valence-electron chi connectivity index (χ1n) is 9.17. The van der Waals surface area contributed by atoms with Gasteiger partial charge < -0.3 is 14.8 Å². The number of aromatic nitrogens is 2. The highest BCUT2D eigenvalue weighted by molar-refractivity contribution is 5.97. The number of fused-ring (bicyclic) bond motifs is 1. The van der Waals surface area contributed by atoms with Crippen molar-refractivity contribution in [1.82, 2.24) is 19.8 Å². The Balaban J connectivity index is 1.78. The van der Waals surface area contributed by atoms with Crippen LogP contribution in [0.3, 0.4) is 0 Å². The predicted molar refractivity (Wildman–Crippen MR) is 106 cm³/mol. The first-order chi connectivity index (χ1) is 13.8. The molecule has 2 aromatic carbocycles. The van der Waals surface area contributed by atoms with Gasteiger partial charge in [-0.1, -0.05) is 12.1 Å². The molecule has 3 rings (SSSR count). The second kappa shape index (κ2) is 8.38. The standard InChI is InChI=1S/C21H22F2N4O2/c1-4-27(12-13-5-7-14(8-6-13)20(28)26(2)3)21(29)15-9-10-16-17(11-15)25-19(24-16)18(22)23/h5-11,18H,4,12H2,1-3H3,(H,24,25). The Morgan fingerprint density at radius 2 is 1.69 bits per heavy atom. The van der Waals surface area contributed by atoms with Crippen LogP contribution < -0.4 is 0 Å². The van der Waals surface area contributed by atoms with E-state index in [2.05, 4.69) is 9.97 Å². The Hall–Kier alpha value is -3.29. The summed E-state index contributed by atoms with van der Waals surface area (Å²) >= 11 is 0. The Morgan fingerprint density at radius 1 is 1.03 bits per heavy atom. The van der Waals surface area contributed by atoms with Gasteiger partial charge in [-0.25, -0.2) is 13.8 Å². The summed E-state index contributed by atoms with van der Waals surface area (Å²) in [5.41, 5.74) is 2.64. The smallest absolute Gasteiger partial charge is 0.295 e. The molecule has 0 spiro atoms.